The fourth-order valence-electron chi connectivity index (χ4n) is 1.74. The molecule has 13 heavy (non-hydrogen) atoms. The number of fused-ring (bicyclic) bond motifs is 1. The number of ether oxygens (including phenoxy) is 1. The third-order valence-electron chi connectivity index (χ3n) is 2.41. The van der Waals surface area contributed by atoms with Gasteiger partial charge in [-0.2, -0.15) is 0 Å². The molecule has 2 rings (SSSR count). The molecule has 0 radical (unpaired) electrons. The van der Waals surface area contributed by atoms with E-state index in [1.165, 1.54) is 0 Å². The van der Waals surface area contributed by atoms with Gasteiger partial charge in [0.05, 0.1) is 12.2 Å². The first-order chi connectivity index (χ1) is 6.16. The SMILES string of the molecule is Cc1ccc2c(c1)C(O)CC(C)O2. The van der Waals surface area contributed by atoms with E-state index in [-0.39, 0.29) is 12.2 Å². The summed E-state index contributed by atoms with van der Waals surface area (Å²) in [4.78, 5) is 0. The van der Waals surface area contributed by atoms with E-state index >= 15 is 0 Å². The monoisotopic (exact) mass is 178 g/mol. The molecule has 0 amide bonds. The van der Waals surface area contributed by atoms with Crippen molar-refractivity contribution in [2.45, 2.75) is 32.5 Å². The molecule has 1 heterocycles. The molecule has 1 N–H and O–H groups in total. The first-order valence-corrected chi connectivity index (χ1v) is 4.62. The summed E-state index contributed by atoms with van der Waals surface area (Å²) < 4.78 is 5.60. The normalized spacial score (nSPS) is 26.4. The Balaban J connectivity index is 2.43. The van der Waals surface area contributed by atoms with Crippen LogP contribution in [-0.4, -0.2) is 11.2 Å². The number of hydrogen-bond donors (Lipinski definition) is 1. The summed E-state index contributed by atoms with van der Waals surface area (Å²) in [7, 11) is 0. The van der Waals surface area contributed by atoms with E-state index in [9.17, 15) is 5.11 Å². The van der Waals surface area contributed by atoms with Gasteiger partial charge in [-0.3, -0.25) is 0 Å². The smallest absolute Gasteiger partial charge is 0.125 e. The zero-order valence-electron chi connectivity index (χ0n) is 7.95. The van der Waals surface area contributed by atoms with Crippen LogP contribution in [0.5, 0.6) is 5.75 Å². The average Bonchev–Trinajstić information content (AvgIpc) is 2.06. The highest BCUT2D eigenvalue weighted by molar-refractivity contribution is 5.39. The lowest BCUT2D eigenvalue weighted by Crippen LogP contribution is -2.22. The van der Waals surface area contributed by atoms with Gasteiger partial charge in [-0.1, -0.05) is 11.6 Å². The van der Waals surface area contributed by atoms with Crippen molar-refractivity contribution in [2.24, 2.45) is 0 Å². The van der Waals surface area contributed by atoms with Gasteiger partial charge in [0, 0.05) is 12.0 Å². The van der Waals surface area contributed by atoms with E-state index in [0.29, 0.717) is 6.42 Å². The van der Waals surface area contributed by atoms with Gasteiger partial charge in [0.15, 0.2) is 0 Å². The second-order valence-electron chi connectivity index (χ2n) is 3.72. The molecule has 1 aromatic rings. The van der Waals surface area contributed by atoms with Gasteiger partial charge in [0.25, 0.3) is 0 Å². The van der Waals surface area contributed by atoms with Crippen molar-refractivity contribution < 1.29 is 9.84 Å². The second kappa shape index (κ2) is 3.04. The first-order valence-electron chi connectivity index (χ1n) is 4.62. The average molecular weight is 178 g/mol. The van der Waals surface area contributed by atoms with Crippen molar-refractivity contribution in [3.8, 4) is 5.75 Å². The molecular weight excluding hydrogens is 164 g/mol. The molecular formula is C11H14O2. The molecule has 70 valence electrons. The van der Waals surface area contributed by atoms with Crippen LogP contribution in [0.1, 0.15) is 30.6 Å². The largest absolute Gasteiger partial charge is 0.490 e. The van der Waals surface area contributed by atoms with Gasteiger partial charge in [0.1, 0.15) is 5.75 Å². The van der Waals surface area contributed by atoms with Crippen LogP contribution in [0.2, 0.25) is 0 Å². The molecule has 0 saturated carbocycles. The molecule has 0 fully saturated rings. The van der Waals surface area contributed by atoms with Crippen LogP contribution in [0.3, 0.4) is 0 Å². The van der Waals surface area contributed by atoms with Crippen molar-refractivity contribution >= 4 is 0 Å². The van der Waals surface area contributed by atoms with Crippen LogP contribution in [0.15, 0.2) is 18.2 Å². The van der Waals surface area contributed by atoms with Gasteiger partial charge in [-0.15, -0.1) is 0 Å². The van der Waals surface area contributed by atoms with Crippen molar-refractivity contribution in [1.82, 2.24) is 0 Å². The molecule has 0 saturated heterocycles. The quantitative estimate of drug-likeness (QED) is 0.660. The highest BCUT2D eigenvalue weighted by Crippen LogP contribution is 2.34. The molecule has 1 aliphatic heterocycles. The van der Waals surface area contributed by atoms with Crippen molar-refractivity contribution in [1.29, 1.82) is 0 Å². The highest BCUT2D eigenvalue weighted by Gasteiger charge is 2.23. The maximum absolute atomic E-state index is 9.78. The van der Waals surface area contributed by atoms with Gasteiger partial charge >= 0.3 is 0 Å². The van der Waals surface area contributed by atoms with E-state index in [2.05, 4.69) is 0 Å². The topological polar surface area (TPSA) is 29.5 Å². The summed E-state index contributed by atoms with van der Waals surface area (Å²) in [6.45, 7) is 4.00. The summed E-state index contributed by atoms with van der Waals surface area (Å²) in [5, 5.41) is 9.78. The molecule has 2 nitrogen and oxygen atoms in total. The summed E-state index contributed by atoms with van der Waals surface area (Å²) in [6.07, 6.45) is 0.444. The molecule has 1 aromatic carbocycles. The van der Waals surface area contributed by atoms with Crippen molar-refractivity contribution in [3.05, 3.63) is 29.3 Å². The molecule has 2 heteroatoms. The Bertz CT molecular complexity index is 320. The zero-order chi connectivity index (χ0) is 9.42. The fourth-order valence-corrected chi connectivity index (χ4v) is 1.74. The molecule has 2 unspecified atom stereocenters. The van der Waals surface area contributed by atoms with Gasteiger partial charge in [-0.05, 0) is 26.0 Å². The number of aryl methyl sites for hydroxylation is 1. The summed E-state index contributed by atoms with van der Waals surface area (Å²) in [5.41, 5.74) is 2.09. The summed E-state index contributed by atoms with van der Waals surface area (Å²) in [5.74, 6) is 0.830. The summed E-state index contributed by atoms with van der Waals surface area (Å²) >= 11 is 0. The van der Waals surface area contributed by atoms with Crippen LogP contribution in [0, 0.1) is 6.92 Å². The summed E-state index contributed by atoms with van der Waals surface area (Å²) in [6, 6.07) is 5.93. The number of aliphatic hydroxyl groups is 1. The number of aliphatic hydroxyl groups excluding tert-OH is 1. The van der Waals surface area contributed by atoms with Crippen LogP contribution >= 0.6 is 0 Å². The second-order valence-corrected chi connectivity index (χ2v) is 3.72. The Morgan fingerprint density at radius 2 is 2.23 bits per heavy atom. The molecule has 2 atom stereocenters. The molecule has 0 bridgehead atoms. The molecule has 0 spiro atoms. The van der Waals surface area contributed by atoms with Gasteiger partial charge in [0.2, 0.25) is 0 Å². The maximum atomic E-state index is 9.78. The van der Waals surface area contributed by atoms with Crippen LogP contribution in [0.25, 0.3) is 0 Å². The van der Waals surface area contributed by atoms with Crippen molar-refractivity contribution in [2.75, 3.05) is 0 Å². The van der Waals surface area contributed by atoms with E-state index in [1.807, 2.05) is 32.0 Å². The lowest BCUT2D eigenvalue weighted by Gasteiger charge is -2.27. The van der Waals surface area contributed by atoms with E-state index in [4.69, 9.17) is 4.74 Å². The van der Waals surface area contributed by atoms with E-state index in [0.717, 1.165) is 16.9 Å². The Morgan fingerprint density at radius 1 is 1.46 bits per heavy atom. The third kappa shape index (κ3) is 1.54. The minimum absolute atomic E-state index is 0.116. The first kappa shape index (κ1) is 8.57. The Kier molecular flexibility index (Phi) is 2.00. The number of rotatable bonds is 0. The Labute approximate surface area is 78.2 Å². The molecule has 0 aromatic heterocycles. The van der Waals surface area contributed by atoms with E-state index in [1.54, 1.807) is 0 Å². The molecule has 0 aliphatic carbocycles. The zero-order valence-corrected chi connectivity index (χ0v) is 7.95. The third-order valence-corrected chi connectivity index (χ3v) is 2.41. The lowest BCUT2D eigenvalue weighted by atomic mass is 9.98. The predicted octanol–water partition coefficient (Wildman–Crippen LogP) is 2.20. The molecule has 1 aliphatic rings. The maximum Gasteiger partial charge on any atom is 0.125 e. The fraction of sp³-hybridized carbons (Fsp3) is 0.455. The van der Waals surface area contributed by atoms with Gasteiger partial charge in [-0.25, -0.2) is 0 Å². The van der Waals surface area contributed by atoms with Crippen LogP contribution in [0.4, 0.5) is 0 Å². The highest BCUT2D eigenvalue weighted by atomic mass is 16.5. The minimum atomic E-state index is -0.362. The Hall–Kier alpha value is -1.02. The van der Waals surface area contributed by atoms with Crippen LogP contribution < -0.4 is 4.74 Å². The lowest BCUT2D eigenvalue weighted by molar-refractivity contribution is 0.0749. The number of benzene rings is 1. The minimum Gasteiger partial charge on any atom is -0.490 e. The van der Waals surface area contributed by atoms with Crippen molar-refractivity contribution in [3.63, 3.8) is 0 Å². The van der Waals surface area contributed by atoms with Gasteiger partial charge < -0.3 is 9.84 Å². The predicted molar refractivity (Wildman–Crippen MR) is 50.8 cm³/mol. The standard InChI is InChI=1S/C11H14O2/c1-7-3-4-11-9(5-7)10(12)6-8(2)13-11/h3-5,8,10,12H,6H2,1-2H3. The number of hydrogen-bond acceptors (Lipinski definition) is 2. The Morgan fingerprint density at radius 3 is 3.00 bits per heavy atom. The van der Waals surface area contributed by atoms with Crippen LogP contribution in [-0.2, 0) is 0 Å². The van der Waals surface area contributed by atoms with E-state index < -0.39 is 0 Å².